The summed E-state index contributed by atoms with van der Waals surface area (Å²) >= 11 is 7.57. The fourth-order valence-electron chi connectivity index (χ4n) is 3.91. The Morgan fingerprint density at radius 1 is 1.09 bits per heavy atom. The molecule has 2 amide bonds. The number of anilines is 1. The van der Waals surface area contributed by atoms with Crippen LogP contribution in [-0.4, -0.2) is 40.0 Å². The monoisotopic (exact) mass is 468 g/mol. The maximum absolute atomic E-state index is 12.7. The molecular formula is C24H25ClN4O2S. The van der Waals surface area contributed by atoms with Crippen LogP contribution in [0.25, 0.3) is 0 Å². The van der Waals surface area contributed by atoms with Crippen LogP contribution in [0.1, 0.15) is 46.6 Å². The van der Waals surface area contributed by atoms with Crippen LogP contribution in [0.3, 0.4) is 0 Å². The minimum absolute atomic E-state index is 0.0614. The van der Waals surface area contributed by atoms with E-state index in [1.165, 1.54) is 16.9 Å². The van der Waals surface area contributed by atoms with E-state index in [2.05, 4.69) is 34.6 Å². The summed E-state index contributed by atoms with van der Waals surface area (Å²) in [5, 5.41) is 13.2. The number of hydrogen-bond donors (Lipinski definition) is 1. The van der Waals surface area contributed by atoms with Crippen molar-refractivity contribution in [3.63, 3.8) is 0 Å². The van der Waals surface area contributed by atoms with Crippen molar-refractivity contribution in [1.29, 1.82) is 0 Å². The van der Waals surface area contributed by atoms with Gasteiger partial charge in [-0.3, -0.25) is 9.59 Å². The minimum Gasteiger partial charge on any atom is -0.339 e. The molecule has 32 heavy (non-hydrogen) atoms. The highest BCUT2D eigenvalue weighted by atomic mass is 35.5. The summed E-state index contributed by atoms with van der Waals surface area (Å²) in [6.45, 7) is 3.21. The predicted molar refractivity (Wildman–Crippen MR) is 127 cm³/mol. The van der Waals surface area contributed by atoms with Crippen molar-refractivity contribution >= 4 is 39.9 Å². The zero-order valence-electron chi connectivity index (χ0n) is 17.8. The van der Waals surface area contributed by atoms with Crippen LogP contribution < -0.4 is 5.32 Å². The van der Waals surface area contributed by atoms with Gasteiger partial charge in [0.1, 0.15) is 5.01 Å². The molecule has 1 fully saturated rings. The largest absolute Gasteiger partial charge is 0.339 e. The van der Waals surface area contributed by atoms with Gasteiger partial charge < -0.3 is 10.2 Å². The normalized spacial score (nSPS) is 15.4. The molecule has 0 bridgehead atoms. The summed E-state index contributed by atoms with van der Waals surface area (Å²) in [6.07, 6.45) is 2.00. The number of rotatable bonds is 6. The van der Waals surface area contributed by atoms with Gasteiger partial charge in [-0.2, -0.15) is 0 Å². The maximum atomic E-state index is 12.7. The van der Waals surface area contributed by atoms with E-state index in [1.54, 1.807) is 29.2 Å². The molecule has 0 spiro atoms. The third-order valence-electron chi connectivity index (χ3n) is 5.80. The number of likely N-dealkylation sites (tertiary alicyclic amines) is 1. The zero-order valence-corrected chi connectivity index (χ0v) is 19.4. The van der Waals surface area contributed by atoms with Crippen LogP contribution in [0.15, 0.2) is 54.6 Å². The van der Waals surface area contributed by atoms with Gasteiger partial charge in [-0.15, -0.1) is 10.2 Å². The summed E-state index contributed by atoms with van der Waals surface area (Å²) in [6, 6.07) is 17.3. The van der Waals surface area contributed by atoms with Crippen molar-refractivity contribution < 1.29 is 9.59 Å². The van der Waals surface area contributed by atoms with E-state index >= 15 is 0 Å². The van der Waals surface area contributed by atoms with E-state index in [1.807, 2.05) is 18.2 Å². The molecule has 0 saturated carbocycles. The van der Waals surface area contributed by atoms with Gasteiger partial charge in [-0.25, -0.2) is 0 Å². The number of aromatic nitrogens is 2. The molecule has 0 aliphatic carbocycles. The average molecular weight is 469 g/mol. The van der Waals surface area contributed by atoms with Crippen molar-refractivity contribution in [2.75, 3.05) is 18.4 Å². The van der Waals surface area contributed by atoms with Crippen LogP contribution in [0.5, 0.6) is 0 Å². The first-order valence-electron chi connectivity index (χ1n) is 10.7. The first-order chi connectivity index (χ1) is 15.5. The molecule has 1 aliphatic rings. The van der Waals surface area contributed by atoms with Gasteiger partial charge in [0.25, 0.3) is 5.91 Å². The van der Waals surface area contributed by atoms with Gasteiger partial charge in [0.05, 0.1) is 10.6 Å². The van der Waals surface area contributed by atoms with Crippen LogP contribution in [0, 0.1) is 5.92 Å². The van der Waals surface area contributed by atoms with E-state index in [0.29, 0.717) is 47.6 Å². The number of hydrogen-bond acceptors (Lipinski definition) is 5. The van der Waals surface area contributed by atoms with Crippen molar-refractivity contribution in [2.24, 2.45) is 5.92 Å². The lowest BCUT2D eigenvalue weighted by atomic mass is 9.95. The minimum atomic E-state index is -0.152. The number of amides is 2. The molecule has 2 heterocycles. The zero-order chi connectivity index (χ0) is 22.5. The Hall–Kier alpha value is -2.77. The lowest BCUT2D eigenvalue weighted by Gasteiger charge is -2.31. The number of piperidine rings is 1. The van der Waals surface area contributed by atoms with E-state index in [-0.39, 0.29) is 17.7 Å². The second-order valence-corrected chi connectivity index (χ2v) is 9.52. The Bertz CT molecular complexity index is 1080. The molecule has 1 atom stereocenters. The van der Waals surface area contributed by atoms with Gasteiger partial charge in [-0.05, 0) is 36.5 Å². The van der Waals surface area contributed by atoms with E-state index in [0.717, 1.165) is 11.4 Å². The first-order valence-corrected chi connectivity index (χ1v) is 11.9. The van der Waals surface area contributed by atoms with E-state index < -0.39 is 0 Å². The van der Waals surface area contributed by atoms with Crippen LogP contribution in [0.4, 0.5) is 5.13 Å². The third-order valence-corrected chi connectivity index (χ3v) is 6.99. The highest BCUT2D eigenvalue weighted by molar-refractivity contribution is 7.15. The average Bonchev–Trinajstić information content (AvgIpc) is 3.26. The molecule has 3 aromatic rings. The molecule has 1 N–H and O–H groups in total. The number of halogens is 1. The maximum Gasteiger partial charge on any atom is 0.255 e. The Kier molecular flexibility index (Phi) is 7.17. The number of nitrogens with one attached hydrogen (secondary N) is 1. The molecule has 1 aliphatic heterocycles. The Labute approximate surface area is 196 Å². The number of carbonyl (C=O) groups is 2. The van der Waals surface area contributed by atoms with Crippen LogP contribution in [-0.2, 0) is 11.2 Å². The van der Waals surface area contributed by atoms with Gasteiger partial charge in [0.2, 0.25) is 11.0 Å². The summed E-state index contributed by atoms with van der Waals surface area (Å²) in [5.41, 5.74) is 1.76. The first kappa shape index (κ1) is 22.4. The molecule has 6 nitrogen and oxygen atoms in total. The van der Waals surface area contributed by atoms with Crippen molar-refractivity contribution in [1.82, 2.24) is 15.1 Å². The van der Waals surface area contributed by atoms with E-state index in [4.69, 9.17) is 11.6 Å². The Morgan fingerprint density at radius 3 is 2.50 bits per heavy atom. The number of nitrogens with zero attached hydrogens (tertiary/aromatic N) is 3. The molecule has 4 rings (SSSR count). The van der Waals surface area contributed by atoms with Crippen LogP contribution in [0.2, 0.25) is 5.02 Å². The van der Waals surface area contributed by atoms with Crippen molar-refractivity contribution in [2.45, 2.75) is 32.1 Å². The number of benzene rings is 2. The molecule has 1 aromatic heterocycles. The Balaban J connectivity index is 1.28. The molecule has 0 radical (unpaired) electrons. The van der Waals surface area contributed by atoms with Crippen LogP contribution >= 0.6 is 22.9 Å². The van der Waals surface area contributed by atoms with E-state index in [9.17, 15) is 9.59 Å². The SMILES string of the molecule is CC(Cc1nnc(NC(=O)C2CCN(C(=O)c3ccccc3Cl)CC2)s1)c1ccccc1. The topological polar surface area (TPSA) is 75.2 Å². The lowest BCUT2D eigenvalue weighted by Crippen LogP contribution is -2.41. The third kappa shape index (κ3) is 5.34. The molecule has 166 valence electrons. The molecule has 1 saturated heterocycles. The lowest BCUT2D eigenvalue weighted by molar-refractivity contribution is -0.121. The van der Waals surface area contributed by atoms with Crippen molar-refractivity contribution in [3.05, 3.63) is 75.8 Å². The number of carbonyl (C=O) groups excluding carboxylic acids is 2. The highest BCUT2D eigenvalue weighted by Crippen LogP contribution is 2.26. The second kappa shape index (κ2) is 10.2. The summed E-state index contributed by atoms with van der Waals surface area (Å²) in [7, 11) is 0. The fraction of sp³-hybridized carbons (Fsp3) is 0.333. The van der Waals surface area contributed by atoms with Gasteiger partial charge in [0.15, 0.2) is 0 Å². The molecule has 2 aromatic carbocycles. The standard InChI is InChI=1S/C24H25ClN4O2S/c1-16(17-7-3-2-4-8-17)15-21-27-28-24(32-21)26-22(30)18-11-13-29(14-12-18)23(31)19-9-5-6-10-20(19)25/h2-10,16,18H,11-15H2,1H3,(H,26,28,30). The quantitative estimate of drug-likeness (QED) is 0.550. The Morgan fingerprint density at radius 2 is 1.78 bits per heavy atom. The van der Waals surface area contributed by atoms with Gasteiger partial charge >= 0.3 is 0 Å². The molecule has 1 unspecified atom stereocenters. The summed E-state index contributed by atoms with van der Waals surface area (Å²) in [4.78, 5) is 27.2. The summed E-state index contributed by atoms with van der Waals surface area (Å²) < 4.78 is 0. The second-order valence-electron chi connectivity index (χ2n) is 8.05. The molecule has 8 heteroatoms. The molecular weight excluding hydrogens is 444 g/mol. The predicted octanol–water partition coefficient (Wildman–Crippen LogP) is 5.03. The fourth-order valence-corrected chi connectivity index (χ4v) is 4.99. The summed E-state index contributed by atoms with van der Waals surface area (Å²) in [5.74, 6) is 0.0259. The highest BCUT2D eigenvalue weighted by Gasteiger charge is 2.29. The smallest absolute Gasteiger partial charge is 0.255 e. The van der Waals surface area contributed by atoms with Gasteiger partial charge in [-0.1, -0.05) is 72.3 Å². The van der Waals surface area contributed by atoms with Crippen molar-refractivity contribution in [3.8, 4) is 0 Å². The van der Waals surface area contributed by atoms with Gasteiger partial charge in [0, 0.05) is 25.4 Å².